The molecule has 0 saturated carbocycles. The maximum absolute atomic E-state index is 5.80. The Kier molecular flexibility index (Phi) is 1.77. The van der Waals surface area contributed by atoms with Crippen LogP contribution in [0, 0.1) is 0 Å². The zero-order valence-electron chi connectivity index (χ0n) is 7.40. The van der Waals surface area contributed by atoms with Crippen molar-refractivity contribution in [3.8, 4) is 17.1 Å². The van der Waals surface area contributed by atoms with Gasteiger partial charge in [-0.2, -0.15) is 0 Å². The fourth-order valence-corrected chi connectivity index (χ4v) is 1.37. The van der Waals surface area contributed by atoms with Crippen LogP contribution >= 0.6 is 0 Å². The predicted molar refractivity (Wildman–Crippen MR) is 50.0 cm³/mol. The highest BCUT2D eigenvalue weighted by Crippen LogP contribution is 2.21. The van der Waals surface area contributed by atoms with Crippen LogP contribution in [-0.4, -0.2) is 7.11 Å². The summed E-state index contributed by atoms with van der Waals surface area (Å²) >= 11 is 0. The lowest BCUT2D eigenvalue weighted by Gasteiger charge is -1.88. The molecule has 13 heavy (non-hydrogen) atoms. The SMILES string of the molecule is COc1cc2cccccc-2[n+]1N. The van der Waals surface area contributed by atoms with Gasteiger partial charge >= 0.3 is 5.88 Å². The average Bonchev–Trinajstić information content (AvgIpc) is 2.37. The Morgan fingerprint density at radius 2 is 2.00 bits per heavy atom. The van der Waals surface area contributed by atoms with Crippen LogP contribution in [0.1, 0.15) is 0 Å². The van der Waals surface area contributed by atoms with Crippen molar-refractivity contribution in [1.29, 1.82) is 0 Å². The van der Waals surface area contributed by atoms with Crippen molar-refractivity contribution in [3.05, 3.63) is 36.4 Å². The summed E-state index contributed by atoms with van der Waals surface area (Å²) in [6.45, 7) is 0. The summed E-state index contributed by atoms with van der Waals surface area (Å²) in [6, 6.07) is 11.8. The number of methoxy groups -OCH3 is 1. The number of hydrogen-bond donors (Lipinski definition) is 1. The van der Waals surface area contributed by atoms with Crippen LogP contribution in [0.15, 0.2) is 36.4 Å². The number of nitrogens with two attached hydrogens (primary N) is 1. The monoisotopic (exact) mass is 175 g/mol. The van der Waals surface area contributed by atoms with E-state index in [1.807, 2.05) is 36.4 Å². The summed E-state index contributed by atoms with van der Waals surface area (Å²) in [4.78, 5) is 0. The highest BCUT2D eigenvalue weighted by atomic mass is 16.5. The summed E-state index contributed by atoms with van der Waals surface area (Å²) in [5.74, 6) is 6.46. The normalized spacial score (nSPS) is 10.2. The van der Waals surface area contributed by atoms with Crippen molar-refractivity contribution < 1.29 is 9.41 Å². The van der Waals surface area contributed by atoms with Crippen molar-refractivity contribution in [1.82, 2.24) is 0 Å². The van der Waals surface area contributed by atoms with Gasteiger partial charge in [-0.25, -0.2) is 5.84 Å². The van der Waals surface area contributed by atoms with Crippen LogP contribution < -0.4 is 15.3 Å². The van der Waals surface area contributed by atoms with Crippen LogP contribution in [0.25, 0.3) is 11.3 Å². The van der Waals surface area contributed by atoms with Crippen molar-refractivity contribution >= 4 is 0 Å². The molecule has 0 fully saturated rings. The number of nitrogens with zero attached hydrogens (tertiary/aromatic N) is 1. The molecule has 1 aliphatic heterocycles. The number of rotatable bonds is 1. The predicted octanol–water partition coefficient (Wildman–Crippen LogP) is 0.801. The summed E-state index contributed by atoms with van der Waals surface area (Å²) in [7, 11) is 1.61. The minimum atomic E-state index is 0.668. The third kappa shape index (κ3) is 1.18. The summed E-state index contributed by atoms with van der Waals surface area (Å²) in [6.07, 6.45) is 0. The molecule has 0 amide bonds. The van der Waals surface area contributed by atoms with Crippen LogP contribution in [0.4, 0.5) is 0 Å². The first-order valence-corrected chi connectivity index (χ1v) is 4.06. The second-order valence-electron chi connectivity index (χ2n) is 2.81. The molecule has 66 valence electrons. The zero-order valence-corrected chi connectivity index (χ0v) is 7.40. The first-order valence-electron chi connectivity index (χ1n) is 4.06. The lowest BCUT2D eigenvalue weighted by Crippen LogP contribution is -2.45. The van der Waals surface area contributed by atoms with Crippen molar-refractivity contribution in [2.45, 2.75) is 0 Å². The minimum absolute atomic E-state index is 0.668. The van der Waals surface area contributed by atoms with E-state index in [9.17, 15) is 0 Å². The summed E-state index contributed by atoms with van der Waals surface area (Å²) < 4.78 is 6.64. The molecule has 0 unspecified atom stereocenters. The molecule has 2 rings (SSSR count). The maximum Gasteiger partial charge on any atom is 0.397 e. The van der Waals surface area contributed by atoms with E-state index >= 15 is 0 Å². The van der Waals surface area contributed by atoms with Crippen molar-refractivity contribution in [3.63, 3.8) is 0 Å². The molecule has 0 saturated heterocycles. The summed E-state index contributed by atoms with van der Waals surface area (Å²) in [5.41, 5.74) is 2.03. The highest BCUT2D eigenvalue weighted by Gasteiger charge is 2.21. The third-order valence-corrected chi connectivity index (χ3v) is 2.03. The number of nitrogen functional groups attached to an aromatic ring is 1. The molecule has 0 aromatic carbocycles. The Balaban J connectivity index is 2.70. The van der Waals surface area contributed by atoms with Crippen molar-refractivity contribution in [2.24, 2.45) is 0 Å². The minimum Gasteiger partial charge on any atom is -0.446 e. The fraction of sp³-hybridized carbons (Fsp3) is 0.100. The Hall–Kier alpha value is -1.77. The van der Waals surface area contributed by atoms with E-state index in [1.54, 1.807) is 7.11 Å². The lowest BCUT2D eigenvalue weighted by atomic mass is 10.2. The molecule has 0 aromatic rings. The van der Waals surface area contributed by atoms with E-state index in [1.165, 1.54) is 4.68 Å². The number of fused-ring (bicyclic) bond motifs is 1. The summed E-state index contributed by atoms with van der Waals surface area (Å²) in [5, 5.41) is 0. The van der Waals surface area contributed by atoms with Gasteiger partial charge in [-0.1, -0.05) is 18.2 Å². The lowest BCUT2D eigenvalue weighted by molar-refractivity contribution is -0.630. The van der Waals surface area contributed by atoms with E-state index in [4.69, 9.17) is 10.6 Å². The molecular weight excluding hydrogens is 164 g/mol. The van der Waals surface area contributed by atoms with Gasteiger partial charge in [0.1, 0.15) is 0 Å². The molecule has 0 atom stereocenters. The molecule has 0 radical (unpaired) electrons. The van der Waals surface area contributed by atoms with E-state index in [-0.39, 0.29) is 0 Å². The van der Waals surface area contributed by atoms with E-state index < -0.39 is 0 Å². The topological polar surface area (TPSA) is 39.1 Å². The molecule has 2 aliphatic rings. The van der Waals surface area contributed by atoms with Gasteiger partial charge in [-0.05, 0) is 10.7 Å². The van der Waals surface area contributed by atoms with Crippen LogP contribution in [0.2, 0.25) is 0 Å². The first-order chi connectivity index (χ1) is 6.33. The first kappa shape index (κ1) is 7.86. The molecule has 3 heteroatoms. The van der Waals surface area contributed by atoms with E-state index in [0.29, 0.717) is 5.88 Å². The molecule has 2 N–H and O–H groups in total. The van der Waals surface area contributed by atoms with Gasteiger partial charge in [0.2, 0.25) is 5.69 Å². The van der Waals surface area contributed by atoms with Crippen LogP contribution in [0.3, 0.4) is 0 Å². The van der Waals surface area contributed by atoms with Gasteiger partial charge in [0.05, 0.1) is 18.7 Å². The van der Waals surface area contributed by atoms with Crippen molar-refractivity contribution in [2.75, 3.05) is 13.0 Å². The van der Waals surface area contributed by atoms with E-state index in [0.717, 1.165) is 11.3 Å². The van der Waals surface area contributed by atoms with Gasteiger partial charge in [-0.3, -0.25) is 0 Å². The smallest absolute Gasteiger partial charge is 0.397 e. The Labute approximate surface area is 76.7 Å². The van der Waals surface area contributed by atoms with Crippen LogP contribution in [-0.2, 0) is 0 Å². The second kappa shape index (κ2) is 2.94. The Morgan fingerprint density at radius 1 is 1.23 bits per heavy atom. The molecule has 0 bridgehead atoms. The van der Waals surface area contributed by atoms with Gasteiger partial charge in [-0.15, -0.1) is 0 Å². The molecule has 0 spiro atoms. The van der Waals surface area contributed by atoms with Gasteiger partial charge in [0.25, 0.3) is 0 Å². The van der Waals surface area contributed by atoms with Gasteiger partial charge in [0, 0.05) is 6.07 Å². The number of hydrogen-bond acceptors (Lipinski definition) is 2. The van der Waals surface area contributed by atoms with Gasteiger partial charge < -0.3 is 4.74 Å². The highest BCUT2D eigenvalue weighted by molar-refractivity contribution is 5.58. The standard InChI is InChI=1S/C10H11N2O/c1-13-10-7-8-5-3-2-4-6-9(8)12(10)11/h2-7H,11H2,1H3/q+1. The van der Waals surface area contributed by atoms with Crippen LogP contribution in [0.5, 0.6) is 5.88 Å². The quantitative estimate of drug-likeness (QED) is 0.514. The third-order valence-electron chi connectivity index (χ3n) is 2.03. The largest absolute Gasteiger partial charge is 0.446 e. The molecule has 1 aliphatic carbocycles. The maximum atomic E-state index is 5.80. The number of ether oxygens (including phenoxy) is 1. The fourth-order valence-electron chi connectivity index (χ4n) is 1.37. The van der Waals surface area contributed by atoms with E-state index in [2.05, 4.69) is 0 Å². The zero-order chi connectivity index (χ0) is 9.26. The van der Waals surface area contributed by atoms with Gasteiger partial charge in [0.15, 0.2) is 0 Å². The molecular formula is C10H11N2O+. The molecule has 0 aromatic heterocycles. The average molecular weight is 175 g/mol. The second-order valence-corrected chi connectivity index (χ2v) is 2.81. The Bertz CT molecular complexity index is 400. The Morgan fingerprint density at radius 3 is 2.77 bits per heavy atom. The molecule has 1 heterocycles. The molecule has 3 nitrogen and oxygen atoms in total. The number of aromatic nitrogens is 1.